The van der Waals surface area contributed by atoms with Gasteiger partial charge in [0.05, 0.1) is 28.7 Å². The molecule has 5 aromatic rings. The maximum Gasteiger partial charge on any atom is 0.221 e. The molecule has 0 spiro atoms. The lowest BCUT2D eigenvalue weighted by atomic mass is 9.27. The van der Waals surface area contributed by atoms with E-state index in [4.69, 9.17) is 9.15 Å². The summed E-state index contributed by atoms with van der Waals surface area (Å²) in [7, 11) is 0. The van der Waals surface area contributed by atoms with Gasteiger partial charge in [-0.15, -0.1) is 0 Å². The fraction of sp³-hybridized carbons (Fsp3) is 0.347. The Morgan fingerprint density at radius 3 is 2.52 bits per heavy atom. The Morgan fingerprint density at radius 2 is 1.70 bits per heavy atom. The Balaban J connectivity index is 1.25. The second-order valence-corrected chi connectivity index (χ2v) is 19.7. The number of nitrogens with zero attached hydrogens (tertiary/aromatic N) is 2. The molecule has 3 atom stereocenters. The molecule has 0 N–H and O–H groups in total. The van der Waals surface area contributed by atoms with Crippen LogP contribution >= 0.6 is 0 Å². The van der Waals surface area contributed by atoms with Gasteiger partial charge in [-0.25, -0.2) is 0 Å². The Morgan fingerprint density at radius 1 is 0.852 bits per heavy atom. The number of rotatable bonds is 0. The van der Waals surface area contributed by atoms with Gasteiger partial charge in [-0.1, -0.05) is 108 Å². The number of benzene rings is 3. The van der Waals surface area contributed by atoms with Gasteiger partial charge in [0.2, 0.25) is 6.71 Å². The SMILES string of the molecule is CC(C)(C)C1=Cc2c3c(n4c2C(C1)B1C2=C4C=C4CC2N(c2cc(C(C)(C)C)ccc21)c1cccc2oc5ccc(cc5c12)C4(C)C)C1CC=CC=C1O3. The van der Waals surface area contributed by atoms with Crippen molar-refractivity contribution in [1.29, 1.82) is 0 Å². The number of ether oxygens (including phenoxy) is 1. The Bertz CT molecular complexity index is 2740. The van der Waals surface area contributed by atoms with E-state index < -0.39 is 0 Å². The predicted octanol–water partition coefficient (Wildman–Crippen LogP) is 11.8. The summed E-state index contributed by atoms with van der Waals surface area (Å²) in [4.78, 5) is 2.76. The van der Waals surface area contributed by atoms with E-state index in [1.165, 1.54) is 72.5 Å². The summed E-state index contributed by atoms with van der Waals surface area (Å²) < 4.78 is 16.4. The van der Waals surface area contributed by atoms with Crippen molar-refractivity contribution in [2.45, 2.75) is 103 Å². The molecule has 0 radical (unpaired) electrons. The Hall–Kier alpha value is -4.90. The third-order valence-corrected chi connectivity index (χ3v) is 14.4. The van der Waals surface area contributed by atoms with Crippen LogP contribution in [0.25, 0.3) is 33.7 Å². The van der Waals surface area contributed by atoms with Crippen molar-refractivity contribution in [3.05, 3.63) is 129 Å². The molecule has 268 valence electrons. The fourth-order valence-electron chi connectivity index (χ4n) is 11.4. The third-order valence-electron chi connectivity index (χ3n) is 14.4. The first-order valence-electron chi connectivity index (χ1n) is 20.2. The minimum Gasteiger partial charge on any atom is -0.458 e. The highest BCUT2D eigenvalue weighted by Gasteiger charge is 2.55. The Labute approximate surface area is 318 Å². The predicted molar refractivity (Wildman–Crippen MR) is 224 cm³/mol. The van der Waals surface area contributed by atoms with Gasteiger partial charge in [0.25, 0.3) is 0 Å². The first kappa shape index (κ1) is 31.5. The second kappa shape index (κ2) is 9.85. The van der Waals surface area contributed by atoms with E-state index >= 15 is 0 Å². The first-order valence-corrected chi connectivity index (χ1v) is 20.2. The minimum absolute atomic E-state index is 0.00943. The van der Waals surface area contributed by atoms with Gasteiger partial charge in [-0.2, -0.15) is 0 Å². The molecule has 4 nitrogen and oxygen atoms in total. The van der Waals surface area contributed by atoms with Gasteiger partial charge >= 0.3 is 0 Å². The quantitative estimate of drug-likeness (QED) is 0.150. The van der Waals surface area contributed by atoms with E-state index in [0.717, 1.165) is 41.9 Å². The molecule has 6 heterocycles. The van der Waals surface area contributed by atoms with Crippen molar-refractivity contribution in [3.63, 3.8) is 0 Å². The van der Waals surface area contributed by atoms with Crippen molar-refractivity contribution < 1.29 is 9.15 Å². The largest absolute Gasteiger partial charge is 0.458 e. The molecular formula is C49H47BN2O2. The van der Waals surface area contributed by atoms with Crippen molar-refractivity contribution in [3.8, 4) is 5.75 Å². The third kappa shape index (κ3) is 3.81. The maximum atomic E-state index is 7.00. The van der Waals surface area contributed by atoms with Crippen LogP contribution < -0.4 is 15.1 Å². The topological polar surface area (TPSA) is 30.5 Å². The van der Waals surface area contributed by atoms with Gasteiger partial charge in [-0.3, -0.25) is 0 Å². The summed E-state index contributed by atoms with van der Waals surface area (Å²) in [5, 5.41) is 2.44. The number of fused-ring (bicyclic) bond motifs is 13. The summed E-state index contributed by atoms with van der Waals surface area (Å²) in [6, 6.07) is 21.3. The van der Waals surface area contributed by atoms with Gasteiger partial charge in [0.15, 0.2) is 5.75 Å². The normalized spacial score (nSPS) is 23.9. The lowest BCUT2D eigenvalue weighted by Crippen LogP contribution is -2.58. The van der Waals surface area contributed by atoms with Gasteiger partial charge in [0, 0.05) is 33.4 Å². The van der Waals surface area contributed by atoms with Crippen LogP contribution in [0.5, 0.6) is 5.75 Å². The van der Waals surface area contributed by atoms with E-state index in [1.54, 1.807) is 5.47 Å². The molecule has 3 aromatic carbocycles. The highest BCUT2D eigenvalue weighted by atomic mass is 16.5. The van der Waals surface area contributed by atoms with Crippen molar-refractivity contribution in [2.75, 3.05) is 4.90 Å². The molecule has 4 aliphatic heterocycles. The van der Waals surface area contributed by atoms with E-state index in [1.807, 2.05) is 0 Å². The molecule has 0 amide bonds. The van der Waals surface area contributed by atoms with E-state index in [2.05, 4.69) is 150 Å². The molecule has 2 aromatic heterocycles. The zero-order valence-corrected chi connectivity index (χ0v) is 32.7. The van der Waals surface area contributed by atoms with Crippen LogP contribution in [0.4, 0.5) is 11.4 Å². The molecule has 5 heteroatoms. The summed E-state index contributed by atoms with van der Waals surface area (Å²) in [5.41, 5.74) is 18.7. The molecule has 54 heavy (non-hydrogen) atoms. The zero-order valence-electron chi connectivity index (χ0n) is 32.7. The standard InChI is InChI=1S/C49H47BN2O2/c1-47(2,3)26-16-18-33-36(23-26)51-35-13-11-15-41-42(35)31-20-27(17-19-40(31)53-41)49(7,8)29-24-37(51)43-38(25-29)52-44-32(21-28(48(4,5)6)22-34(44)50(33)43)46-45(52)30-12-9-10-14-39(30)54-46/h9-11,13-21,23,25,30,34,37H,12,22,24H2,1-8H3. The number of anilines is 2. The van der Waals surface area contributed by atoms with Crippen molar-refractivity contribution in [2.24, 2.45) is 5.41 Å². The number of hydrogen-bond acceptors (Lipinski definition) is 3. The first-order chi connectivity index (χ1) is 25.8. The molecule has 12 rings (SSSR count). The van der Waals surface area contributed by atoms with Gasteiger partial charge in [-0.05, 0) is 101 Å². The maximum absolute atomic E-state index is 7.00. The second-order valence-electron chi connectivity index (χ2n) is 19.7. The fourth-order valence-corrected chi connectivity index (χ4v) is 11.4. The van der Waals surface area contributed by atoms with E-state index in [9.17, 15) is 0 Å². The smallest absolute Gasteiger partial charge is 0.221 e. The molecule has 0 saturated carbocycles. The van der Waals surface area contributed by atoms with Gasteiger partial charge < -0.3 is 18.6 Å². The van der Waals surface area contributed by atoms with Crippen LogP contribution in [0.15, 0.2) is 106 Å². The Kier molecular flexibility index (Phi) is 5.74. The van der Waals surface area contributed by atoms with Gasteiger partial charge in [0.1, 0.15) is 16.9 Å². The summed E-state index contributed by atoms with van der Waals surface area (Å²) in [5.74, 6) is 2.72. The highest BCUT2D eigenvalue weighted by molar-refractivity contribution is 6.84. The van der Waals surface area contributed by atoms with E-state index in [0.29, 0.717) is 5.82 Å². The summed E-state index contributed by atoms with van der Waals surface area (Å²) >= 11 is 0. The molecule has 3 aliphatic carbocycles. The average molecular weight is 707 g/mol. The van der Waals surface area contributed by atoms with Crippen LogP contribution in [0.3, 0.4) is 0 Å². The van der Waals surface area contributed by atoms with Crippen molar-refractivity contribution in [1.82, 2.24) is 4.57 Å². The zero-order chi connectivity index (χ0) is 36.8. The number of hydrogen-bond donors (Lipinski definition) is 0. The molecule has 7 aliphatic rings. The lowest BCUT2D eigenvalue weighted by Gasteiger charge is -2.53. The molecular weight excluding hydrogens is 659 g/mol. The minimum atomic E-state index is -0.195. The van der Waals surface area contributed by atoms with Crippen LogP contribution in [0, 0.1) is 5.41 Å². The van der Waals surface area contributed by atoms with Crippen LogP contribution in [0.2, 0.25) is 0 Å². The molecule has 0 saturated heterocycles. The molecule has 0 fully saturated rings. The average Bonchev–Trinajstić information content (AvgIpc) is 3.81. The van der Waals surface area contributed by atoms with Crippen LogP contribution in [-0.4, -0.2) is 17.3 Å². The number of aromatic nitrogens is 1. The number of allylic oxidation sites excluding steroid dienone is 7. The van der Waals surface area contributed by atoms with Crippen molar-refractivity contribution >= 4 is 57.3 Å². The highest BCUT2D eigenvalue weighted by Crippen LogP contribution is 2.61. The molecule has 4 bridgehead atoms. The number of furan rings is 1. The van der Waals surface area contributed by atoms with E-state index in [-0.39, 0.29) is 34.9 Å². The monoisotopic (exact) mass is 706 g/mol. The van der Waals surface area contributed by atoms with Crippen LogP contribution in [0.1, 0.15) is 114 Å². The summed E-state index contributed by atoms with van der Waals surface area (Å²) in [6.07, 6.45) is 14.9. The van der Waals surface area contributed by atoms with Crippen LogP contribution in [-0.2, 0) is 10.8 Å². The molecule has 3 unspecified atom stereocenters. The lowest BCUT2D eigenvalue weighted by molar-refractivity contribution is 0.421. The summed E-state index contributed by atoms with van der Waals surface area (Å²) in [6.45, 7) is 19.4.